The van der Waals surface area contributed by atoms with Gasteiger partial charge in [0.25, 0.3) is 0 Å². The molecule has 0 atom stereocenters. The molecular formula is C26H22N2O2. The number of ether oxygens (including phenoxy) is 2. The summed E-state index contributed by atoms with van der Waals surface area (Å²) >= 11 is 0. The lowest BCUT2D eigenvalue weighted by Crippen LogP contribution is -1.84. The van der Waals surface area contributed by atoms with Crippen LogP contribution in [0.2, 0.25) is 0 Å². The summed E-state index contributed by atoms with van der Waals surface area (Å²) in [6, 6.07) is 31.9. The zero-order valence-corrected chi connectivity index (χ0v) is 16.9. The Kier molecular flexibility index (Phi) is 5.85. The summed E-state index contributed by atoms with van der Waals surface area (Å²) in [5.41, 5.74) is 5.79. The molecule has 0 fully saturated rings. The quantitative estimate of drug-likeness (QED) is 0.319. The van der Waals surface area contributed by atoms with Crippen molar-refractivity contribution >= 4 is 11.4 Å². The first-order valence-electron chi connectivity index (χ1n) is 9.67. The largest absolute Gasteiger partial charge is 0.497 e. The summed E-state index contributed by atoms with van der Waals surface area (Å²) < 4.78 is 10.5. The van der Waals surface area contributed by atoms with Gasteiger partial charge in [-0.2, -0.15) is 0 Å². The van der Waals surface area contributed by atoms with Crippen molar-refractivity contribution < 1.29 is 9.47 Å². The molecule has 4 nitrogen and oxygen atoms in total. The lowest BCUT2D eigenvalue weighted by molar-refractivity contribution is 0.415. The van der Waals surface area contributed by atoms with Crippen molar-refractivity contribution in [2.45, 2.75) is 0 Å². The fourth-order valence-corrected chi connectivity index (χ4v) is 3.26. The second-order valence-electron chi connectivity index (χ2n) is 6.69. The third-order valence-electron chi connectivity index (χ3n) is 4.88. The van der Waals surface area contributed by atoms with Crippen molar-refractivity contribution in [3.8, 4) is 33.8 Å². The first-order chi connectivity index (χ1) is 14.8. The maximum absolute atomic E-state index is 5.26. The Labute approximate surface area is 176 Å². The smallest absolute Gasteiger partial charge is 0.118 e. The highest BCUT2D eigenvalue weighted by Crippen LogP contribution is 2.35. The number of benzene rings is 4. The Morgan fingerprint density at radius 3 is 1.20 bits per heavy atom. The van der Waals surface area contributed by atoms with Crippen LogP contribution in [-0.4, -0.2) is 14.2 Å². The SMILES string of the molecule is COc1ccc(-c2ccccc2N=Nc2ccccc2-c2ccc(OC)cc2)cc1. The number of methoxy groups -OCH3 is 2. The summed E-state index contributed by atoms with van der Waals surface area (Å²) in [6.45, 7) is 0. The maximum atomic E-state index is 5.26. The Hall–Kier alpha value is -3.92. The van der Waals surface area contributed by atoms with Crippen LogP contribution in [0.4, 0.5) is 11.4 Å². The van der Waals surface area contributed by atoms with E-state index in [9.17, 15) is 0 Å². The van der Waals surface area contributed by atoms with Crippen LogP contribution in [0, 0.1) is 0 Å². The van der Waals surface area contributed by atoms with Gasteiger partial charge in [-0.25, -0.2) is 0 Å². The molecule has 0 spiro atoms. The van der Waals surface area contributed by atoms with Crippen LogP contribution in [0.5, 0.6) is 11.5 Å². The Morgan fingerprint density at radius 1 is 0.467 bits per heavy atom. The monoisotopic (exact) mass is 394 g/mol. The van der Waals surface area contributed by atoms with E-state index in [1.165, 1.54) is 0 Å². The molecule has 0 bridgehead atoms. The average Bonchev–Trinajstić information content (AvgIpc) is 2.83. The summed E-state index contributed by atoms with van der Waals surface area (Å²) in [6.07, 6.45) is 0. The number of rotatable bonds is 6. The van der Waals surface area contributed by atoms with Crippen molar-refractivity contribution in [1.82, 2.24) is 0 Å². The minimum absolute atomic E-state index is 0.812. The van der Waals surface area contributed by atoms with Gasteiger partial charge in [-0.15, -0.1) is 10.2 Å². The molecule has 148 valence electrons. The predicted octanol–water partition coefficient (Wildman–Crippen LogP) is 7.45. The highest BCUT2D eigenvalue weighted by atomic mass is 16.5. The van der Waals surface area contributed by atoms with Gasteiger partial charge in [-0.1, -0.05) is 60.7 Å². The fourth-order valence-electron chi connectivity index (χ4n) is 3.26. The molecule has 30 heavy (non-hydrogen) atoms. The molecule has 0 radical (unpaired) electrons. The Bertz CT molecular complexity index is 1060. The molecule has 0 aliphatic carbocycles. The van der Waals surface area contributed by atoms with Crippen LogP contribution in [-0.2, 0) is 0 Å². The molecule has 4 aromatic carbocycles. The van der Waals surface area contributed by atoms with E-state index in [0.29, 0.717) is 0 Å². The molecular weight excluding hydrogens is 372 g/mol. The van der Waals surface area contributed by atoms with E-state index < -0.39 is 0 Å². The molecule has 0 aliphatic heterocycles. The van der Waals surface area contributed by atoms with Gasteiger partial charge in [0.15, 0.2) is 0 Å². The molecule has 4 rings (SSSR count). The zero-order valence-electron chi connectivity index (χ0n) is 16.9. The third-order valence-corrected chi connectivity index (χ3v) is 4.88. The minimum Gasteiger partial charge on any atom is -0.497 e. The summed E-state index contributed by atoms with van der Waals surface area (Å²) in [7, 11) is 3.33. The van der Waals surface area contributed by atoms with Crippen LogP contribution >= 0.6 is 0 Å². The van der Waals surface area contributed by atoms with E-state index in [4.69, 9.17) is 9.47 Å². The molecule has 0 saturated carbocycles. The van der Waals surface area contributed by atoms with Crippen LogP contribution in [0.15, 0.2) is 107 Å². The van der Waals surface area contributed by atoms with Gasteiger partial charge in [0.2, 0.25) is 0 Å². The standard InChI is InChI=1S/C26H22N2O2/c1-29-21-15-11-19(12-16-21)23-7-3-5-9-25(23)27-28-26-10-6-4-8-24(26)20-13-17-22(30-2)18-14-20/h3-18H,1-2H3. The summed E-state index contributed by atoms with van der Waals surface area (Å²) in [5, 5.41) is 9.17. The number of azo groups is 1. The van der Waals surface area contributed by atoms with Crippen LogP contribution in [0.1, 0.15) is 0 Å². The molecule has 0 saturated heterocycles. The van der Waals surface area contributed by atoms with E-state index in [-0.39, 0.29) is 0 Å². The van der Waals surface area contributed by atoms with Gasteiger partial charge in [0.05, 0.1) is 25.6 Å². The number of nitrogens with zero attached hydrogens (tertiary/aromatic N) is 2. The van der Waals surface area contributed by atoms with E-state index in [2.05, 4.69) is 10.2 Å². The first-order valence-corrected chi connectivity index (χ1v) is 9.67. The zero-order chi connectivity index (χ0) is 20.8. The molecule has 4 aromatic rings. The lowest BCUT2D eigenvalue weighted by atomic mass is 10.0. The van der Waals surface area contributed by atoms with Gasteiger partial charge in [0.1, 0.15) is 11.5 Å². The van der Waals surface area contributed by atoms with E-state index in [1.54, 1.807) is 14.2 Å². The number of hydrogen-bond acceptors (Lipinski definition) is 4. The topological polar surface area (TPSA) is 43.2 Å². The molecule has 0 N–H and O–H groups in total. The molecule has 0 aliphatic rings. The fraction of sp³-hybridized carbons (Fsp3) is 0.0769. The Balaban J connectivity index is 1.68. The van der Waals surface area contributed by atoms with Gasteiger partial charge < -0.3 is 9.47 Å². The molecule has 0 unspecified atom stereocenters. The molecule has 0 amide bonds. The minimum atomic E-state index is 0.812. The normalized spacial score (nSPS) is 10.9. The molecule has 0 heterocycles. The average molecular weight is 394 g/mol. The third kappa shape index (κ3) is 4.23. The second-order valence-corrected chi connectivity index (χ2v) is 6.69. The number of hydrogen-bond donors (Lipinski definition) is 0. The van der Waals surface area contributed by atoms with Crippen molar-refractivity contribution in [2.24, 2.45) is 10.2 Å². The van der Waals surface area contributed by atoms with Crippen LogP contribution in [0.25, 0.3) is 22.3 Å². The molecule has 0 aromatic heterocycles. The second kappa shape index (κ2) is 9.05. The van der Waals surface area contributed by atoms with Gasteiger partial charge >= 0.3 is 0 Å². The van der Waals surface area contributed by atoms with Crippen molar-refractivity contribution in [3.05, 3.63) is 97.1 Å². The van der Waals surface area contributed by atoms with Gasteiger partial charge in [-0.05, 0) is 47.5 Å². The van der Waals surface area contributed by atoms with E-state index in [1.807, 2.05) is 97.1 Å². The highest BCUT2D eigenvalue weighted by Gasteiger charge is 2.07. The van der Waals surface area contributed by atoms with E-state index >= 15 is 0 Å². The van der Waals surface area contributed by atoms with Crippen LogP contribution in [0.3, 0.4) is 0 Å². The maximum Gasteiger partial charge on any atom is 0.118 e. The Morgan fingerprint density at radius 2 is 0.833 bits per heavy atom. The van der Waals surface area contributed by atoms with E-state index in [0.717, 1.165) is 45.1 Å². The van der Waals surface area contributed by atoms with Crippen LogP contribution < -0.4 is 9.47 Å². The van der Waals surface area contributed by atoms with Crippen molar-refractivity contribution in [1.29, 1.82) is 0 Å². The first kappa shape index (κ1) is 19.4. The lowest BCUT2D eigenvalue weighted by Gasteiger charge is -2.08. The van der Waals surface area contributed by atoms with Crippen molar-refractivity contribution in [2.75, 3.05) is 14.2 Å². The molecule has 4 heteroatoms. The summed E-state index contributed by atoms with van der Waals surface area (Å²) in [5.74, 6) is 1.65. The van der Waals surface area contributed by atoms with Gasteiger partial charge in [0, 0.05) is 11.1 Å². The van der Waals surface area contributed by atoms with Crippen molar-refractivity contribution in [3.63, 3.8) is 0 Å². The highest BCUT2D eigenvalue weighted by molar-refractivity contribution is 5.78. The predicted molar refractivity (Wildman–Crippen MR) is 121 cm³/mol. The summed E-state index contributed by atoms with van der Waals surface area (Å²) in [4.78, 5) is 0. The van der Waals surface area contributed by atoms with Gasteiger partial charge in [-0.3, -0.25) is 0 Å².